The molecule has 0 saturated heterocycles. The lowest BCUT2D eigenvalue weighted by Gasteiger charge is -2.26. The van der Waals surface area contributed by atoms with Gasteiger partial charge in [-0.2, -0.15) is 0 Å². The highest BCUT2D eigenvalue weighted by atomic mass is 16.1. The predicted molar refractivity (Wildman–Crippen MR) is 67.0 cm³/mol. The van der Waals surface area contributed by atoms with Gasteiger partial charge in [0.05, 0.1) is 0 Å². The molecule has 0 heterocycles. The van der Waals surface area contributed by atoms with Gasteiger partial charge in [0.15, 0.2) is 0 Å². The van der Waals surface area contributed by atoms with E-state index in [1.807, 2.05) is 0 Å². The fraction of sp³-hybridized carbons (Fsp3) is 0.923. The number of amides is 1. The summed E-state index contributed by atoms with van der Waals surface area (Å²) in [6.45, 7) is 7.12. The first-order valence-electron chi connectivity index (χ1n) is 6.50. The second-order valence-corrected chi connectivity index (χ2v) is 5.73. The molecule has 3 N–H and O–H groups in total. The molecule has 1 fully saturated rings. The zero-order chi connectivity index (χ0) is 12.2. The summed E-state index contributed by atoms with van der Waals surface area (Å²) >= 11 is 0. The van der Waals surface area contributed by atoms with Crippen LogP contribution in [0.3, 0.4) is 0 Å². The molecule has 2 atom stereocenters. The molecule has 0 bridgehead atoms. The first kappa shape index (κ1) is 13.5. The molecule has 0 aromatic heterocycles. The molecule has 0 aromatic rings. The monoisotopic (exact) mass is 226 g/mol. The average molecular weight is 226 g/mol. The fourth-order valence-electron chi connectivity index (χ4n) is 2.64. The summed E-state index contributed by atoms with van der Waals surface area (Å²) in [5, 5.41) is 3.00. The molecule has 2 unspecified atom stereocenters. The molecule has 0 spiro atoms. The Labute approximate surface area is 99.2 Å². The topological polar surface area (TPSA) is 55.1 Å². The van der Waals surface area contributed by atoms with Crippen molar-refractivity contribution in [1.29, 1.82) is 0 Å². The highest BCUT2D eigenvalue weighted by Gasteiger charge is 2.39. The molecule has 1 rings (SSSR count). The summed E-state index contributed by atoms with van der Waals surface area (Å²) in [4.78, 5) is 12.0. The molecular weight excluding hydrogens is 200 g/mol. The summed E-state index contributed by atoms with van der Waals surface area (Å²) in [5.74, 6) is 0.385. The van der Waals surface area contributed by atoms with Crippen molar-refractivity contribution in [3.05, 3.63) is 0 Å². The summed E-state index contributed by atoms with van der Waals surface area (Å²) in [6.07, 6.45) is 5.42. The van der Waals surface area contributed by atoms with Gasteiger partial charge in [-0.05, 0) is 24.7 Å². The summed E-state index contributed by atoms with van der Waals surface area (Å²) in [7, 11) is 0. The lowest BCUT2D eigenvalue weighted by Crippen LogP contribution is -2.42. The van der Waals surface area contributed by atoms with E-state index in [-0.39, 0.29) is 23.3 Å². The first-order valence-corrected chi connectivity index (χ1v) is 6.50. The molecule has 3 nitrogen and oxygen atoms in total. The lowest BCUT2D eigenvalue weighted by molar-refractivity contribution is -0.127. The van der Waals surface area contributed by atoms with Crippen molar-refractivity contribution < 1.29 is 4.79 Å². The minimum absolute atomic E-state index is 0.110. The number of nitrogens with two attached hydrogens (primary N) is 1. The maximum absolute atomic E-state index is 12.0. The number of hydrogen-bond acceptors (Lipinski definition) is 2. The fourth-order valence-corrected chi connectivity index (χ4v) is 2.64. The Balaban J connectivity index is 2.35. The molecule has 1 aliphatic carbocycles. The second kappa shape index (κ2) is 5.67. The highest BCUT2D eigenvalue weighted by Crippen LogP contribution is 2.42. The molecule has 94 valence electrons. The number of rotatable bonds is 5. The largest absolute Gasteiger partial charge is 0.354 e. The van der Waals surface area contributed by atoms with E-state index in [1.165, 1.54) is 6.42 Å². The van der Waals surface area contributed by atoms with E-state index in [4.69, 9.17) is 5.73 Å². The van der Waals surface area contributed by atoms with Crippen LogP contribution in [-0.2, 0) is 4.79 Å². The van der Waals surface area contributed by atoms with Gasteiger partial charge in [-0.3, -0.25) is 4.79 Å². The van der Waals surface area contributed by atoms with Gasteiger partial charge in [-0.25, -0.2) is 0 Å². The standard InChI is InChI=1S/C13H26N2O/c1-4-6-10(14)9-15-12(16)11-7-5-8-13(11,2)3/h10-11H,4-9,14H2,1-3H3,(H,15,16). The summed E-state index contributed by atoms with van der Waals surface area (Å²) in [5.41, 5.74) is 6.05. The Morgan fingerprint density at radius 2 is 2.25 bits per heavy atom. The van der Waals surface area contributed by atoms with Crippen molar-refractivity contribution in [3.8, 4) is 0 Å². The van der Waals surface area contributed by atoms with Crippen molar-refractivity contribution >= 4 is 5.91 Å². The summed E-state index contributed by atoms with van der Waals surface area (Å²) < 4.78 is 0. The van der Waals surface area contributed by atoms with E-state index in [0.717, 1.165) is 25.7 Å². The minimum Gasteiger partial charge on any atom is -0.354 e. The number of carbonyl (C=O) groups excluding carboxylic acids is 1. The van der Waals surface area contributed by atoms with Gasteiger partial charge in [-0.1, -0.05) is 33.6 Å². The van der Waals surface area contributed by atoms with E-state index in [9.17, 15) is 4.79 Å². The first-order chi connectivity index (χ1) is 7.47. The Bertz CT molecular complexity index is 238. The summed E-state index contributed by atoms with van der Waals surface area (Å²) in [6, 6.07) is 0.110. The van der Waals surface area contributed by atoms with Crippen LogP contribution in [0.15, 0.2) is 0 Å². The van der Waals surface area contributed by atoms with Crippen molar-refractivity contribution in [1.82, 2.24) is 5.32 Å². The lowest BCUT2D eigenvalue weighted by atomic mass is 9.81. The van der Waals surface area contributed by atoms with E-state index < -0.39 is 0 Å². The van der Waals surface area contributed by atoms with Gasteiger partial charge in [0, 0.05) is 18.5 Å². The second-order valence-electron chi connectivity index (χ2n) is 5.73. The van der Waals surface area contributed by atoms with Gasteiger partial charge in [-0.15, -0.1) is 0 Å². The number of hydrogen-bond donors (Lipinski definition) is 2. The number of nitrogens with one attached hydrogen (secondary N) is 1. The Morgan fingerprint density at radius 1 is 1.56 bits per heavy atom. The molecule has 0 aliphatic heterocycles. The Kier molecular flexibility index (Phi) is 4.78. The van der Waals surface area contributed by atoms with Gasteiger partial charge >= 0.3 is 0 Å². The third-order valence-corrected chi connectivity index (χ3v) is 3.77. The maximum Gasteiger partial charge on any atom is 0.223 e. The molecule has 1 amide bonds. The highest BCUT2D eigenvalue weighted by molar-refractivity contribution is 5.79. The molecule has 3 heteroatoms. The number of carbonyl (C=O) groups is 1. The van der Waals surface area contributed by atoms with Gasteiger partial charge < -0.3 is 11.1 Å². The Hall–Kier alpha value is -0.570. The predicted octanol–water partition coefficient (Wildman–Crippen LogP) is 2.06. The smallest absolute Gasteiger partial charge is 0.223 e. The van der Waals surface area contributed by atoms with E-state index in [1.54, 1.807) is 0 Å². The van der Waals surface area contributed by atoms with Gasteiger partial charge in [0.2, 0.25) is 5.91 Å². The Morgan fingerprint density at radius 3 is 2.75 bits per heavy atom. The van der Waals surface area contributed by atoms with Crippen molar-refractivity contribution in [2.75, 3.05) is 6.54 Å². The van der Waals surface area contributed by atoms with Crippen LogP contribution >= 0.6 is 0 Å². The van der Waals surface area contributed by atoms with E-state index in [0.29, 0.717) is 6.54 Å². The third kappa shape index (κ3) is 3.48. The zero-order valence-electron chi connectivity index (χ0n) is 10.9. The van der Waals surface area contributed by atoms with Crippen molar-refractivity contribution in [2.24, 2.45) is 17.1 Å². The van der Waals surface area contributed by atoms with Crippen LogP contribution < -0.4 is 11.1 Å². The van der Waals surface area contributed by atoms with Crippen LogP contribution in [0.1, 0.15) is 52.9 Å². The van der Waals surface area contributed by atoms with Crippen LogP contribution in [0.2, 0.25) is 0 Å². The van der Waals surface area contributed by atoms with Crippen LogP contribution in [0.5, 0.6) is 0 Å². The quantitative estimate of drug-likeness (QED) is 0.754. The van der Waals surface area contributed by atoms with Crippen molar-refractivity contribution in [2.45, 2.75) is 58.9 Å². The minimum atomic E-state index is 0.110. The normalized spacial score (nSPS) is 25.4. The molecule has 16 heavy (non-hydrogen) atoms. The van der Waals surface area contributed by atoms with Crippen LogP contribution in [0.4, 0.5) is 0 Å². The van der Waals surface area contributed by atoms with E-state index >= 15 is 0 Å². The molecule has 0 aromatic carbocycles. The molecule has 1 saturated carbocycles. The van der Waals surface area contributed by atoms with Gasteiger partial charge in [0.1, 0.15) is 0 Å². The van der Waals surface area contributed by atoms with Crippen molar-refractivity contribution in [3.63, 3.8) is 0 Å². The zero-order valence-corrected chi connectivity index (χ0v) is 10.9. The molecule has 1 aliphatic rings. The van der Waals surface area contributed by atoms with Gasteiger partial charge in [0.25, 0.3) is 0 Å². The van der Waals surface area contributed by atoms with E-state index in [2.05, 4.69) is 26.1 Å². The van der Waals surface area contributed by atoms with Crippen LogP contribution in [0, 0.1) is 11.3 Å². The molecule has 0 radical (unpaired) electrons. The van der Waals surface area contributed by atoms with Crippen LogP contribution in [0.25, 0.3) is 0 Å². The van der Waals surface area contributed by atoms with Crippen LogP contribution in [-0.4, -0.2) is 18.5 Å². The maximum atomic E-state index is 12.0. The third-order valence-electron chi connectivity index (χ3n) is 3.77. The molecular formula is C13H26N2O. The SMILES string of the molecule is CCCC(N)CNC(=O)C1CCCC1(C)C. The average Bonchev–Trinajstić information content (AvgIpc) is 2.55.